The molecule has 3 heteroatoms. The molecule has 0 spiro atoms. The van der Waals surface area contributed by atoms with Gasteiger partial charge in [0.25, 0.3) is 0 Å². The molecule has 0 aromatic heterocycles. The van der Waals surface area contributed by atoms with Crippen molar-refractivity contribution >= 4 is 5.97 Å². The molecule has 0 N–H and O–H groups in total. The fourth-order valence-corrected chi connectivity index (χ4v) is 2.64. The lowest BCUT2D eigenvalue weighted by atomic mass is 9.97. The zero-order valence-electron chi connectivity index (χ0n) is 11.8. The lowest BCUT2D eigenvalue weighted by molar-refractivity contribution is -0.149. The van der Waals surface area contributed by atoms with E-state index in [2.05, 4.69) is 0 Å². The van der Waals surface area contributed by atoms with Crippen molar-refractivity contribution in [3.63, 3.8) is 0 Å². The maximum absolute atomic E-state index is 12.0. The van der Waals surface area contributed by atoms with Gasteiger partial charge in [-0.1, -0.05) is 18.6 Å². The van der Waals surface area contributed by atoms with Crippen molar-refractivity contribution in [1.29, 1.82) is 0 Å². The molecule has 1 saturated carbocycles. The Morgan fingerprint density at radius 3 is 2.68 bits per heavy atom. The first kappa shape index (κ1) is 13.9. The van der Waals surface area contributed by atoms with Crippen LogP contribution in [0.1, 0.15) is 43.2 Å². The molecule has 1 aliphatic carbocycles. The highest BCUT2D eigenvalue weighted by Crippen LogP contribution is 2.23. The number of carbonyl (C=O) groups excluding carboxylic acids is 1. The van der Waals surface area contributed by atoms with E-state index in [1.54, 1.807) is 7.11 Å². The van der Waals surface area contributed by atoms with Crippen molar-refractivity contribution in [2.45, 2.75) is 51.6 Å². The Morgan fingerprint density at radius 1 is 1.26 bits per heavy atom. The highest BCUT2D eigenvalue weighted by Gasteiger charge is 2.18. The van der Waals surface area contributed by atoms with Gasteiger partial charge in [-0.05, 0) is 49.8 Å². The number of carbonyl (C=O) groups is 1. The van der Waals surface area contributed by atoms with Gasteiger partial charge in [-0.25, -0.2) is 0 Å². The van der Waals surface area contributed by atoms with Crippen molar-refractivity contribution < 1.29 is 14.3 Å². The van der Waals surface area contributed by atoms with Crippen molar-refractivity contribution in [3.8, 4) is 5.75 Å². The molecular formula is C16H22O3. The molecule has 0 heterocycles. The van der Waals surface area contributed by atoms with Gasteiger partial charge in [0.05, 0.1) is 13.5 Å². The van der Waals surface area contributed by atoms with Crippen molar-refractivity contribution in [1.82, 2.24) is 0 Å². The molecule has 0 saturated heterocycles. The fraction of sp³-hybridized carbons (Fsp3) is 0.562. The van der Waals surface area contributed by atoms with Crippen LogP contribution in [0.2, 0.25) is 0 Å². The molecule has 0 aliphatic heterocycles. The van der Waals surface area contributed by atoms with Crippen molar-refractivity contribution in [3.05, 3.63) is 29.3 Å². The number of methoxy groups -OCH3 is 1. The molecule has 2 rings (SSSR count). The van der Waals surface area contributed by atoms with Crippen molar-refractivity contribution in [2.75, 3.05) is 7.11 Å². The topological polar surface area (TPSA) is 35.5 Å². The maximum Gasteiger partial charge on any atom is 0.310 e. The number of hydrogen-bond donors (Lipinski definition) is 0. The van der Waals surface area contributed by atoms with Gasteiger partial charge in [0.15, 0.2) is 0 Å². The zero-order valence-corrected chi connectivity index (χ0v) is 11.8. The van der Waals surface area contributed by atoms with Crippen LogP contribution in [0.15, 0.2) is 18.2 Å². The Hall–Kier alpha value is -1.51. The van der Waals surface area contributed by atoms with Crippen LogP contribution in [0.5, 0.6) is 5.75 Å². The summed E-state index contributed by atoms with van der Waals surface area (Å²) in [4.78, 5) is 12.0. The van der Waals surface area contributed by atoms with E-state index in [9.17, 15) is 4.79 Å². The number of hydrogen-bond acceptors (Lipinski definition) is 3. The smallest absolute Gasteiger partial charge is 0.310 e. The SMILES string of the molecule is COc1cccc(CC(=O)OC2CCCCC2)c1C. The summed E-state index contributed by atoms with van der Waals surface area (Å²) in [5.74, 6) is 0.700. The average Bonchev–Trinajstić information content (AvgIpc) is 2.42. The predicted molar refractivity (Wildman–Crippen MR) is 74.4 cm³/mol. The van der Waals surface area contributed by atoms with E-state index in [1.807, 2.05) is 25.1 Å². The third-order valence-electron chi connectivity index (χ3n) is 3.80. The monoisotopic (exact) mass is 262 g/mol. The van der Waals surface area contributed by atoms with Gasteiger partial charge in [-0.15, -0.1) is 0 Å². The zero-order chi connectivity index (χ0) is 13.7. The van der Waals surface area contributed by atoms with Crippen LogP contribution in [0.3, 0.4) is 0 Å². The Morgan fingerprint density at radius 2 is 2.00 bits per heavy atom. The molecule has 1 aromatic rings. The van der Waals surface area contributed by atoms with Crippen LogP contribution in [0.25, 0.3) is 0 Å². The fourth-order valence-electron chi connectivity index (χ4n) is 2.64. The molecule has 0 bridgehead atoms. The molecule has 0 atom stereocenters. The highest BCUT2D eigenvalue weighted by atomic mass is 16.5. The summed E-state index contributed by atoms with van der Waals surface area (Å²) >= 11 is 0. The lowest BCUT2D eigenvalue weighted by Gasteiger charge is -2.22. The van der Waals surface area contributed by atoms with Crippen LogP contribution < -0.4 is 4.74 Å². The van der Waals surface area contributed by atoms with Gasteiger partial charge in [0.1, 0.15) is 11.9 Å². The van der Waals surface area contributed by atoms with E-state index < -0.39 is 0 Å². The van der Waals surface area contributed by atoms with E-state index in [1.165, 1.54) is 19.3 Å². The molecule has 0 unspecified atom stereocenters. The Labute approximate surface area is 114 Å². The minimum Gasteiger partial charge on any atom is -0.496 e. The third-order valence-corrected chi connectivity index (χ3v) is 3.80. The second-order valence-corrected chi connectivity index (χ2v) is 5.17. The van der Waals surface area contributed by atoms with E-state index >= 15 is 0 Å². The van der Waals surface area contributed by atoms with Crippen LogP contribution in [0, 0.1) is 6.92 Å². The molecule has 1 aromatic carbocycles. The number of esters is 1. The molecule has 1 aliphatic rings. The second-order valence-electron chi connectivity index (χ2n) is 5.17. The van der Waals surface area contributed by atoms with Crippen LogP contribution in [-0.4, -0.2) is 19.2 Å². The quantitative estimate of drug-likeness (QED) is 0.780. The highest BCUT2D eigenvalue weighted by molar-refractivity contribution is 5.73. The Bertz CT molecular complexity index is 434. The van der Waals surface area contributed by atoms with Crippen LogP contribution in [0.4, 0.5) is 0 Å². The van der Waals surface area contributed by atoms with Crippen LogP contribution in [-0.2, 0) is 16.0 Å². The van der Waals surface area contributed by atoms with Gasteiger partial charge in [0, 0.05) is 0 Å². The van der Waals surface area contributed by atoms with Crippen LogP contribution >= 0.6 is 0 Å². The lowest BCUT2D eigenvalue weighted by Crippen LogP contribution is -2.22. The largest absolute Gasteiger partial charge is 0.496 e. The normalized spacial score (nSPS) is 16.1. The third kappa shape index (κ3) is 3.72. The van der Waals surface area contributed by atoms with E-state index in [-0.39, 0.29) is 12.1 Å². The van der Waals surface area contributed by atoms with Gasteiger partial charge >= 0.3 is 5.97 Å². The molecule has 3 nitrogen and oxygen atoms in total. The summed E-state index contributed by atoms with van der Waals surface area (Å²) in [6, 6.07) is 5.78. The summed E-state index contributed by atoms with van der Waals surface area (Å²) in [5.41, 5.74) is 2.01. The molecule has 0 amide bonds. The number of benzene rings is 1. The molecule has 104 valence electrons. The minimum absolute atomic E-state index is 0.122. The Kier molecular flexibility index (Phi) is 4.83. The van der Waals surface area contributed by atoms with E-state index in [0.717, 1.165) is 29.7 Å². The van der Waals surface area contributed by atoms with Gasteiger partial charge in [-0.2, -0.15) is 0 Å². The molecular weight excluding hydrogens is 240 g/mol. The van der Waals surface area contributed by atoms with Gasteiger partial charge in [-0.3, -0.25) is 4.79 Å². The maximum atomic E-state index is 12.0. The minimum atomic E-state index is -0.122. The molecule has 0 radical (unpaired) electrons. The summed E-state index contributed by atoms with van der Waals surface area (Å²) in [6.45, 7) is 1.97. The summed E-state index contributed by atoms with van der Waals surface area (Å²) in [6.07, 6.45) is 6.12. The predicted octanol–water partition coefficient (Wildman–Crippen LogP) is 3.42. The first-order valence-electron chi connectivity index (χ1n) is 7.02. The van der Waals surface area contributed by atoms with Crippen molar-refractivity contribution in [2.24, 2.45) is 0 Å². The first-order valence-corrected chi connectivity index (χ1v) is 7.02. The molecule has 19 heavy (non-hydrogen) atoms. The van der Waals surface area contributed by atoms with E-state index in [4.69, 9.17) is 9.47 Å². The standard InChI is InChI=1S/C16H22O3/c1-12-13(7-6-10-15(12)18-2)11-16(17)19-14-8-4-3-5-9-14/h6-7,10,14H,3-5,8-9,11H2,1-2H3. The number of rotatable bonds is 4. The Balaban J connectivity index is 1.94. The second kappa shape index (κ2) is 6.60. The summed E-state index contributed by atoms with van der Waals surface area (Å²) in [5, 5.41) is 0. The van der Waals surface area contributed by atoms with E-state index in [0.29, 0.717) is 6.42 Å². The van der Waals surface area contributed by atoms with Gasteiger partial charge in [0.2, 0.25) is 0 Å². The first-order chi connectivity index (χ1) is 9.20. The number of ether oxygens (including phenoxy) is 2. The average molecular weight is 262 g/mol. The molecule has 1 fully saturated rings. The van der Waals surface area contributed by atoms with Gasteiger partial charge < -0.3 is 9.47 Å². The summed E-state index contributed by atoms with van der Waals surface area (Å²) in [7, 11) is 1.65. The summed E-state index contributed by atoms with van der Waals surface area (Å²) < 4.78 is 10.8.